The summed E-state index contributed by atoms with van der Waals surface area (Å²) in [5.41, 5.74) is 0.981. The predicted octanol–water partition coefficient (Wildman–Crippen LogP) is 3.46. The second-order valence-corrected chi connectivity index (χ2v) is 5.00. The van der Waals surface area contributed by atoms with Crippen LogP contribution in [0.25, 0.3) is 10.8 Å². The van der Waals surface area contributed by atoms with Gasteiger partial charge in [0.1, 0.15) is 0 Å². The van der Waals surface area contributed by atoms with E-state index in [9.17, 15) is 5.11 Å². The molecule has 1 heterocycles. The van der Waals surface area contributed by atoms with E-state index in [4.69, 9.17) is 0 Å². The highest BCUT2D eigenvalue weighted by molar-refractivity contribution is 5.84. The average Bonchev–Trinajstić information content (AvgIpc) is 2.33. The fourth-order valence-electron chi connectivity index (χ4n) is 2.58. The lowest BCUT2D eigenvalue weighted by atomic mass is 9.80. The molecule has 0 amide bonds. The van der Waals surface area contributed by atoms with Gasteiger partial charge in [-0.3, -0.25) is 4.98 Å². The number of pyridine rings is 1. The van der Waals surface area contributed by atoms with Crippen molar-refractivity contribution in [2.45, 2.75) is 31.8 Å². The van der Waals surface area contributed by atoms with Crippen molar-refractivity contribution in [3.63, 3.8) is 0 Å². The first kappa shape index (κ1) is 10.7. The minimum Gasteiger partial charge on any atom is -0.388 e. The fourth-order valence-corrected chi connectivity index (χ4v) is 2.58. The third-order valence-corrected chi connectivity index (χ3v) is 3.84. The molecule has 1 atom stereocenters. The maximum Gasteiger partial charge on any atom is 0.0813 e. The molecule has 1 aromatic heterocycles. The van der Waals surface area contributed by atoms with E-state index in [1.54, 1.807) is 0 Å². The van der Waals surface area contributed by atoms with Gasteiger partial charge in [-0.1, -0.05) is 43.5 Å². The summed E-state index contributed by atoms with van der Waals surface area (Å²) >= 11 is 0. The van der Waals surface area contributed by atoms with Crippen LogP contribution >= 0.6 is 0 Å². The Morgan fingerprint density at radius 2 is 2.06 bits per heavy atom. The Bertz CT molecular complexity index is 514. The molecule has 3 rings (SSSR count). The number of benzene rings is 1. The molecule has 0 radical (unpaired) electrons. The lowest BCUT2D eigenvalue weighted by molar-refractivity contribution is 0.119. The molecule has 2 aromatic rings. The highest BCUT2D eigenvalue weighted by atomic mass is 16.3. The molecular weight excluding hydrogens is 210 g/mol. The van der Waals surface area contributed by atoms with Crippen molar-refractivity contribution in [3.05, 3.63) is 42.2 Å². The van der Waals surface area contributed by atoms with Gasteiger partial charge in [-0.05, 0) is 17.7 Å². The lowest BCUT2D eigenvalue weighted by Gasteiger charge is -2.27. The number of aromatic nitrogens is 1. The molecule has 1 N–H and O–H groups in total. The number of rotatable bonds is 3. The van der Waals surface area contributed by atoms with Crippen LogP contribution in [0.3, 0.4) is 0 Å². The third-order valence-electron chi connectivity index (χ3n) is 3.84. The van der Waals surface area contributed by atoms with Gasteiger partial charge in [0.15, 0.2) is 0 Å². The van der Waals surface area contributed by atoms with Crippen LogP contribution in [0, 0.1) is 5.92 Å². The summed E-state index contributed by atoms with van der Waals surface area (Å²) in [5.74, 6) is 0.712. The second-order valence-electron chi connectivity index (χ2n) is 5.00. The minimum absolute atomic E-state index is 0.362. The number of nitrogens with zero attached hydrogens (tertiary/aromatic N) is 1. The normalized spacial score (nSPS) is 17.9. The summed E-state index contributed by atoms with van der Waals surface area (Å²) in [6, 6.07) is 8.13. The monoisotopic (exact) mass is 227 g/mol. The molecule has 0 aliphatic heterocycles. The molecule has 0 bridgehead atoms. The van der Waals surface area contributed by atoms with Gasteiger partial charge < -0.3 is 5.11 Å². The van der Waals surface area contributed by atoms with Gasteiger partial charge >= 0.3 is 0 Å². The smallest absolute Gasteiger partial charge is 0.0813 e. The predicted molar refractivity (Wildman–Crippen MR) is 68.7 cm³/mol. The first-order valence-corrected chi connectivity index (χ1v) is 6.35. The van der Waals surface area contributed by atoms with Crippen LogP contribution in [0.1, 0.15) is 37.4 Å². The standard InChI is InChI=1S/C15H17NO/c17-15(8-11-4-3-5-11)14-10-16-9-12-6-1-2-7-13(12)14/h1-2,6-7,9-11,15,17H,3-5,8H2. The number of hydrogen-bond donors (Lipinski definition) is 1. The zero-order valence-electron chi connectivity index (χ0n) is 9.84. The van der Waals surface area contributed by atoms with Crippen LogP contribution in [0.4, 0.5) is 0 Å². The van der Waals surface area contributed by atoms with Gasteiger partial charge in [0.2, 0.25) is 0 Å². The van der Waals surface area contributed by atoms with Crippen LogP contribution in [0.5, 0.6) is 0 Å². The zero-order valence-corrected chi connectivity index (χ0v) is 9.84. The van der Waals surface area contributed by atoms with Crippen molar-refractivity contribution in [3.8, 4) is 0 Å². The third kappa shape index (κ3) is 2.05. The van der Waals surface area contributed by atoms with Crippen LogP contribution < -0.4 is 0 Å². The molecule has 0 saturated heterocycles. The quantitative estimate of drug-likeness (QED) is 0.871. The summed E-state index contributed by atoms with van der Waals surface area (Å²) < 4.78 is 0. The van der Waals surface area contributed by atoms with Crippen molar-refractivity contribution < 1.29 is 5.11 Å². The second kappa shape index (κ2) is 4.46. The summed E-state index contributed by atoms with van der Waals surface area (Å²) in [6.07, 6.45) is 8.06. The van der Waals surface area contributed by atoms with Crippen LogP contribution in [-0.2, 0) is 0 Å². The van der Waals surface area contributed by atoms with E-state index in [1.165, 1.54) is 19.3 Å². The number of hydrogen-bond acceptors (Lipinski definition) is 2. The van der Waals surface area contributed by atoms with Crippen molar-refractivity contribution in [2.75, 3.05) is 0 Å². The molecule has 1 aromatic carbocycles. The molecule has 17 heavy (non-hydrogen) atoms. The van der Waals surface area contributed by atoms with E-state index in [-0.39, 0.29) is 6.10 Å². The molecule has 2 nitrogen and oxygen atoms in total. The Morgan fingerprint density at radius 1 is 1.24 bits per heavy atom. The van der Waals surface area contributed by atoms with Crippen molar-refractivity contribution in [1.82, 2.24) is 4.98 Å². The van der Waals surface area contributed by atoms with Gasteiger partial charge in [0, 0.05) is 23.3 Å². The average molecular weight is 227 g/mol. The zero-order chi connectivity index (χ0) is 11.7. The summed E-state index contributed by atoms with van der Waals surface area (Å²) in [5, 5.41) is 12.6. The Balaban J connectivity index is 1.92. The lowest BCUT2D eigenvalue weighted by Crippen LogP contribution is -2.15. The molecule has 1 unspecified atom stereocenters. The highest BCUT2D eigenvalue weighted by Crippen LogP contribution is 2.36. The first-order chi connectivity index (χ1) is 8.34. The van der Waals surface area contributed by atoms with Crippen molar-refractivity contribution in [2.24, 2.45) is 5.92 Å². The Hall–Kier alpha value is -1.41. The Kier molecular flexibility index (Phi) is 2.81. The Labute approximate surface area is 101 Å². The molecule has 1 saturated carbocycles. The molecule has 1 aliphatic carbocycles. The van der Waals surface area contributed by atoms with E-state index in [0.29, 0.717) is 5.92 Å². The fraction of sp³-hybridized carbons (Fsp3) is 0.400. The van der Waals surface area contributed by atoms with Gasteiger partial charge in [-0.15, -0.1) is 0 Å². The van der Waals surface area contributed by atoms with Crippen molar-refractivity contribution >= 4 is 10.8 Å². The Morgan fingerprint density at radius 3 is 2.82 bits per heavy atom. The molecule has 88 valence electrons. The van der Waals surface area contributed by atoms with Gasteiger partial charge in [-0.2, -0.15) is 0 Å². The molecule has 2 heteroatoms. The van der Waals surface area contributed by atoms with Crippen LogP contribution in [-0.4, -0.2) is 10.1 Å². The van der Waals surface area contributed by atoms with Crippen molar-refractivity contribution in [1.29, 1.82) is 0 Å². The van der Waals surface area contributed by atoms with E-state index in [2.05, 4.69) is 11.1 Å². The number of aliphatic hydroxyl groups excluding tert-OH is 1. The number of fused-ring (bicyclic) bond motifs is 1. The van der Waals surface area contributed by atoms with E-state index in [1.807, 2.05) is 30.6 Å². The molecule has 0 spiro atoms. The number of aliphatic hydroxyl groups is 1. The first-order valence-electron chi connectivity index (χ1n) is 6.35. The SMILES string of the molecule is OC(CC1CCC1)c1cncc2ccccc12. The summed E-state index contributed by atoms with van der Waals surface area (Å²) in [7, 11) is 0. The minimum atomic E-state index is -0.362. The topological polar surface area (TPSA) is 33.1 Å². The summed E-state index contributed by atoms with van der Waals surface area (Å²) in [6.45, 7) is 0. The van der Waals surface area contributed by atoms with Crippen LogP contribution in [0.15, 0.2) is 36.7 Å². The van der Waals surface area contributed by atoms with Crippen LogP contribution in [0.2, 0.25) is 0 Å². The maximum atomic E-state index is 10.3. The largest absolute Gasteiger partial charge is 0.388 e. The molecule has 1 aliphatic rings. The van der Waals surface area contributed by atoms with Gasteiger partial charge in [-0.25, -0.2) is 0 Å². The van der Waals surface area contributed by atoms with Gasteiger partial charge in [0.25, 0.3) is 0 Å². The maximum absolute atomic E-state index is 10.3. The van der Waals surface area contributed by atoms with Gasteiger partial charge in [0.05, 0.1) is 6.10 Å². The summed E-state index contributed by atoms with van der Waals surface area (Å²) in [4.78, 5) is 4.23. The molecular formula is C15H17NO. The van der Waals surface area contributed by atoms with E-state index >= 15 is 0 Å². The van der Waals surface area contributed by atoms with E-state index in [0.717, 1.165) is 22.8 Å². The highest BCUT2D eigenvalue weighted by Gasteiger charge is 2.22. The molecule has 1 fully saturated rings. The van der Waals surface area contributed by atoms with E-state index < -0.39 is 0 Å².